The number of aryl methyl sites for hydroxylation is 1. The summed E-state index contributed by atoms with van der Waals surface area (Å²) in [5.41, 5.74) is 6.49. The van der Waals surface area contributed by atoms with Crippen LogP contribution in [0.15, 0.2) is 83.8 Å². The molecule has 0 aliphatic carbocycles. The summed E-state index contributed by atoms with van der Waals surface area (Å²) in [5, 5.41) is 8.11. The summed E-state index contributed by atoms with van der Waals surface area (Å²) in [6, 6.07) is 18.7. The molecule has 0 radical (unpaired) electrons. The second kappa shape index (κ2) is 7.53. The van der Waals surface area contributed by atoms with Crippen LogP contribution in [0.4, 0.5) is 5.95 Å². The van der Waals surface area contributed by atoms with E-state index in [1.807, 2.05) is 16.9 Å². The van der Waals surface area contributed by atoms with Gasteiger partial charge in [0.2, 0.25) is 5.95 Å². The molecule has 32 heavy (non-hydrogen) atoms. The Kier molecular flexibility index (Phi) is 4.50. The molecule has 0 saturated carbocycles. The van der Waals surface area contributed by atoms with Crippen LogP contribution in [0.2, 0.25) is 0 Å². The summed E-state index contributed by atoms with van der Waals surface area (Å²) in [6.07, 6.45) is 7.08. The van der Waals surface area contributed by atoms with Gasteiger partial charge in [-0.25, -0.2) is 4.68 Å². The van der Waals surface area contributed by atoms with Gasteiger partial charge in [0.1, 0.15) is 24.2 Å². The highest BCUT2D eigenvalue weighted by atomic mass is 32.2. The maximum absolute atomic E-state index is 6.67. The van der Waals surface area contributed by atoms with Crippen molar-refractivity contribution >= 4 is 23.4 Å². The number of ether oxygens (including phenoxy) is 1. The molecule has 4 heterocycles. The van der Waals surface area contributed by atoms with Crippen LogP contribution in [0.1, 0.15) is 34.4 Å². The van der Waals surface area contributed by atoms with Crippen molar-refractivity contribution in [2.45, 2.75) is 24.0 Å². The lowest BCUT2D eigenvalue weighted by Gasteiger charge is -2.39. The zero-order chi connectivity index (χ0) is 21.7. The number of pyridine rings is 1. The number of thioether (sulfide) groups is 1. The van der Waals surface area contributed by atoms with Gasteiger partial charge in [0.05, 0.1) is 5.70 Å². The van der Waals surface area contributed by atoms with Crippen LogP contribution >= 0.6 is 11.8 Å². The van der Waals surface area contributed by atoms with Crippen LogP contribution in [-0.2, 0) is 0 Å². The molecule has 1 N–H and O–H groups in total. The molecule has 2 aromatic heterocycles. The Morgan fingerprint density at radius 2 is 1.94 bits per heavy atom. The Hall–Kier alpha value is -3.58. The summed E-state index contributed by atoms with van der Waals surface area (Å²) in [4.78, 5) is 10.1. The first kappa shape index (κ1) is 19.1. The lowest BCUT2D eigenvalue weighted by molar-refractivity contribution is 0.223. The van der Waals surface area contributed by atoms with Crippen LogP contribution in [-0.4, -0.2) is 26.0 Å². The third-order valence-corrected chi connectivity index (χ3v) is 6.73. The van der Waals surface area contributed by atoms with Gasteiger partial charge in [-0.15, -0.1) is 11.8 Å². The Bertz CT molecular complexity index is 1330. The predicted octanol–water partition coefficient (Wildman–Crippen LogP) is 5.26. The Morgan fingerprint density at radius 3 is 2.72 bits per heavy atom. The van der Waals surface area contributed by atoms with Crippen LogP contribution in [0.3, 0.4) is 0 Å². The number of aromatic nitrogens is 4. The van der Waals surface area contributed by atoms with E-state index in [9.17, 15) is 0 Å². The molecule has 7 heteroatoms. The minimum atomic E-state index is -0.272. The third-order valence-electron chi connectivity index (χ3n) is 5.99. The molecule has 2 aromatic carbocycles. The van der Waals surface area contributed by atoms with Gasteiger partial charge in [-0.2, -0.15) is 10.1 Å². The highest BCUT2D eigenvalue weighted by Gasteiger charge is 2.41. The normalized spacial score (nSPS) is 18.8. The fourth-order valence-electron chi connectivity index (χ4n) is 4.50. The van der Waals surface area contributed by atoms with Crippen molar-refractivity contribution in [3.05, 3.63) is 101 Å². The predicted molar refractivity (Wildman–Crippen MR) is 126 cm³/mol. The molecule has 4 aromatic rings. The number of hydrogen-bond donors (Lipinski definition) is 1. The molecule has 2 atom stereocenters. The van der Waals surface area contributed by atoms with Crippen molar-refractivity contribution in [1.82, 2.24) is 19.7 Å². The topological polar surface area (TPSA) is 64.9 Å². The van der Waals surface area contributed by atoms with Gasteiger partial charge >= 0.3 is 0 Å². The second-order valence-electron chi connectivity index (χ2n) is 7.94. The van der Waals surface area contributed by atoms with E-state index in [0.717, 1.165) is 33.7 Å². The summed E-state index contributed by atoms with van der Waals surface area (Å²) >= 11 is 1.73. The number of anilines is 1. The van der Waals surface area contributed by atoms with Crippen molar-refractivity contribution in [3.63, 3.8) is 0 Å². The number of benzene rings is 2. The van der Waals surface area contributed by atoms with Crippen LogP contribution in [0, 0.1) is 6.92 Å². The maximum Gasteiger partial charge on any atom is 0.226 e. The van der Waals surface area contributed by atoms with E-state index in [0.29, 0.717) is 5.95 Å². The Morgan fingerprint density at radius 1 is 1.06 bits per heavy atom. The van der Waals surface area contributed by atoms with Gasteiger partial charge in [0.15, 0.2) is 0 Å². The van der Waals surface area contributed by atoms with Gasteiger partial charge in [0, 0.05) is 28.4 Å². The highest BCUT2D eigenvalue weighted by Crippen LogP contribution is 2.50. The van der Waals surface area contributed by atoms with Gasteiger partial charge in [-0.1, -0.05) is 29.8 Å². The average Bonchev–Trinajstić information content (AvgIpc) is 3.31. The van der Waals surface area contributed by atoms with E-state index in [1.165, 1.54) is 10.5 Å². The first-order valence-electron chi connectivity index (χ1n) is 10.4. The molecular formula is C25H21N5OS. The second-order valence-corrected chi connectivity index (χ2v) is 8.82. The molecular weight excluding hydrogens is 418 g/mol. The number of nitrogens with one attached hydrogen (secondary N) is 1. The smallest absolute Gasteiger partial charge is 0.226 e. The first-order valence-corrected chi connectivity index (χ1v) is 11.7. The number of fused-ring (bicyclic) bond motifs is 3. The fraction of sp³-hybridized carbons (Fsp3) is 0.160. The van der Waals surface area contributed by atoms with Crippen molar-refractivity contribution in [3.8, 4) is 5.75 Å². The maximum atomic E-state index is 6.67. The standard InChI is InChI=1S/C25H21N5OS/c1-15-5-10-20-19(12-15)22-21(24(31-20)16-6-8-18(32-2)9-7-16)23(17-4-3-11-26-13-17)30-25(29-22)27-14-28-30/h3-14,23-24H,1-2H3,(H,27,28,29)/t23-,24-/m1/s1. The van der Waals surface area contributed by atoms with Crippen molar-refractivity contribution in [1.29, 1.82) is 0 Å². The minimum Gasteiger partial charge on any atom is -0.480 e. The highest BCUT2D eigenvalue weighted by molar-refractivity contribution is 7.98. The average molecular weight is 440 g/mol. The summed E-state index contributed by atoms with van der Waals surface area (Å²) in [5.74, 6) is 1.57. The van der Waals surface area contributed by atoms with E-state index in [-0.39, 0.29) is 12.1 Å². The van der Waals surface area contributed by atoms with E-state index in [1.54, 1.807) is 24.3 Å². The van der Waals surface area contributed by atoms with Gasteiger partial charge in [0.25, 0.3) is 0 Å². The zero-order valence-corrected chi connectivity index (χ0v) is 18.5. The fourth-order valence-corrected chi connectivity index (χ4v) is 4.90. The molecule has 0 fully saturated rings. The number of nitrogens with zero attached hydrogens (tertiary/aromatic N) is 4. The Balaban J connectivity index is 1.61. The van der Waals surface area contributed by atoms with Crippen molar-refractivity contribution < 1.29 is 4.74 Å². The molecule has 0 bridgehead atoms. The SMILES string of the molecule is CSc1ccc([C@H]2Oc3ccc(C)cc3C3=C2[C@@H](c2cccnc2)n2ncnc2N3)cc1. The molecule has 0 unspecified atom stereocenters. The van der Waals surface area contributed by atoms with E-state index < -0.39 is 0 Å². The first-order chi connectivity index (χ1) is 15.7. The molecule has 2 aliphatic heterocycles. The Labute approximate surface area is 190 Å². The van der Waals surface area contributed by atoms with Crippen LogP contribution < -0.4 is 10.1 Å². The van der Waals surface area contributed by atoms with E-state index in [4.69, 9.17) is 4.74 Å². The van der Waals surface area contributed by atoms with Gasteiger partial charge in [-0.05, 0) is 54.6 Å². The molecule has 0 amide bonds. The number of rotatable bonds is 3. The monoisotopic (exact) mass is 439 g/mol. The molecule has 2 aliphatic rings. The third kappa shape index (κ3) is 3.00. The zero-order valence-electron chi connectivity index (χ0n) is 17.7. The van der Waals surface area contributed by atoms with E-state index in [2.05, 4.69) is 82.1 Å². The lowest BCUT2D eigenvalue weighted by atomic mass is 9.85. The molecule has 6 nitrogen and oxygen atoms in total. The summed E-state index contributed by atoms with van der Waals surface area (Å²) < 4.78 is 8.59. The summed E-state index contributed by atoms with van der Waals surface area (Å²) in [7, 11) is 0. The molecule has 158 valence electrons. The van der Waals surface area contributed by atoms with Crippen molar-refractivity contribution in [2.75, 3.05) is 11.6 Å². The molecule has 6 rings (SSSR count). The molecule has 0 saturated heterocycles. The quantitative estimate of drug-likeness (QED) is 0.439. The minimum absolute atomic E-state index is 0.184. The van der Waals surface area contributed by atoms with Gasteiger partial charge in [-0.3, -0.25) is 4.98 Å². The number of hydrogen-bond acceptors (Lipinski definition) is 6. The lowest BCUT2D eigenvalue weighted by Crippen LogP contribution is -2.32. The largest absolute Gasteiger partial charge is 0.480 e. The van der Waals surface area contributed by atoms with Crippen molar-refractivity contribution in [2.24, 2.45) is 0 Å². The summed E-state index contributed by atoms with van der Waals surface area (Å²) in [6.45, 7) is 2.09. The van der Waals surface area contributed by atoms with Crippen LogP contribution in [0.25, 0.3) is 5.70 Å². The van der Waals surface area contributed by atoms with Gasteiger partial charge < -0.3 is 10.1 Å². The molecule has 0 spiro atoms. The van der Waals surface area contributed by atoms with E-state index >= 15 is 0 Å². The van der Waals surface area contributed by atoms with Crippen LogP contribution in [0.5, 0.6) is 5.75 Å².